The zero-order valence-electron chi connectivity index (χ0n) is 15.7. The second-order valence-corrected chi connectivity index (χ2v) is 7.52. The first kappa shape index (κ1) is 18.6. The van der Waals surface area contributed by atoms with E-state index in [4.69, 9.17) is 5.26 Å². The summed E-state index contributed by atoms with van der Waals surface area (Å²) < 4.78 is 0. The van der Waals surface area contributed by atoms with Gasteiger partial charge in [-0.05, 0) is 67.1 Å². The molecule has 2 saturated heterocycles. The molecule has 1 amide bonds. The number of amides is 1. The molecule has 144 valence electrons. The molecule has 2 aromatic carbocycles. The van der Waals surface area contributed by atoms with Crippen molar-refractivity contribution >= 4 is 11.6 Å². The molecule has 6 nitrogen and oxygen atoms in total. The van der Waals surface area contributed by atoms with E-state index in [-0.39, 0.29) is 18.0 Å². The van der Waals surface area contributed by atoms with Crippen molar-refractivity contribution in [2.75, 3.05) is 18.4 Å². The molecule has 0 radical (unpaired) electrons. The molecule has 3 atom stereocenters. The molecule has 0 saturated carbocycles. The monoisotopic (exact) mass is 375 g/mol. The van der Waals surface area contributed by atoms with E-state index in [1.54, 1.807) is 6.07 Å². The minimum absolute atomic E-state index is 0.00484. The summed E-state index contributed by atoms with van der Waals surface area (Å²) >= 11 is 0. The molecule has 2 aliphatic rings. The Balaban J connectivity index is 1.34. The number of carbonyl (C=O) groups excluding carboxylic acids is 1. The molecule has 0 aromatic heterocycles. The third-order valence-corrected chi connectivity index (χ3v) is 5.58. The van der Waals surface area contributed by atoms with Crippen LogP contribution in [-0.4, -0.2) is 25.0 Å². The van der Waals surface area contributed by atoms with Crippen molar-refractivity contribution in [1.82, 2.24) is 16.2 Å². The molecular formula is C22H25N5O. The lowest BCUT2D eigenvalue weighted by molar-refractivity contribution is -0.117. The van der Waals surface area contributed by atoms with Gasteiger partial charge in [0.25, 0.3) is 0 Å². The lowest BCUT2D eigenvalue weighted by atomic mass is 9.91. The van der Waals surface area contributed by atoms with Crippen molar-refractivity contribution in [3.63, 3.8) is 0 Å². The summed E-state index contributed by atoms with van der Waals surface area (Å²) in [5.74, 6) is 0.502. The predicted octanol–water partition coefficient (Wildman–Crippen LogP) is 2.57. The van der Waals surface area contributed by atoms with E-state index in [9.17, 15) is 4.79 Å². The Hall–Kier alpha value is -2.72. The highest BCUT2D eigenvalue weighted by atomic mass is 16.2. The Morgan fingerprint density at radius 3 is 2.71 bits per heavy atom. The summed E-state index contributed by atoms with van der Waals surface area (Å²) in [6, 6.07) is 17.5. The van der Waals surface area contributed by atoms with Crippen molar-refractivity contribution in [1.29, 1.82) is 5.26 Å². The Morgan fingerprint density at radius 2 is 1.96 bits per heavy atom. The topological polar surface area (TPSA) is 89.0 Å². The average Bonchev–Trinajstić information content (AvgIpc) is 3.25. The molecule has 2 fully saturated rings. The largest absolute Gasteiger partial charge is 0.325 e. The van der Waals surface area contributed by atoms with Crippen LogP contribution in [0.5, 0.6) is 0 Å². The third-order valence-electron chi connectivity index (χ3n) is 5.58. The van der Waals surface area contributed by atoms with E-state index in [1.165, 1.54) is 18.4 Å². The molecule has 28 heavy (non-hydrogen) atoms. The van der Waals surface area contributed by atoms with Gasteiger partial charge in [0.15, 0.2) is 0 Å². The Bertz CT molecular complexity index is 867. The van der Waals surface area contributed by atoms with E-state index < -0.39 is 0 Å². The van der Waals surface area contributed by atoms with E-state index in [0.29, 0.717) is 17.9 Å². The van der Waals surface area contributed by atoms with Crippen LogP contribution in [0.1, 0.15) is 47.9 Å². The maximum atomic E-state index is 12.6. The van der Waals surface area contributed by atoms with Crippen molar-refractivity contribution < 1.29 is 4.79 Å². The van der Waals surface area contributed by atoms with Gasteiger partial charge in [0.2, 0.25) is 5.91 Å². The number of carbonyl (C=O) groups is 1. The Morgan fingerprint density at radius 1 is 1.11 bits per heavy atom. The van der Waals surface area contributed by atoms with Gasteiger partial charge in [0.05, 0.1) is 11.6 Å². The van der Waals surface area contributed by atoms with E-state index >= 15 is 0 Å². The highest BCUT2D eigenvalue weighted by molar-refractivity contribution is 5.95. The van der Waals surface area contributed by atoms with Crippen LogP contribution in [0.25, 0.3) is 0 Å². The van der Waals surface area contributed by atoms with Gasteiger partial charge in [0.1, 0.15) is 6.04 Å². The normalized spacial score (nSPS) is 24.5. The molecule has 0 aliphatic carbocycles. The standard InChI is InChI=1S/C22H25N5O/c23-13-15-3-1-4-17(11-15)20-12-21(27-26-20)22(28)25-19-8-6-16(7-9-19)18-5-2-10-24-14-18/h1,3-4,6-9,11,18,20-21,24,26-27H,2,5,10,12,14H2,(H,25,28)/t18-,20?,21?/m0/s1. The summed E-state index contributed by atoms with van der Waals surface area (Å²) in [6.45, 7) is 2.13. The third kappa shape index (κ3) is 4.23. The van der Waals surface area contributed by atoms with Crippen LogP contribution in [0, 0.1) is 11.3 Å². The zero-order chi connectivity index (χ0) is 19.3. The quantitative estimate of drug-likeness (QED) is 0.660. The van der Waals surface area contributed by atoms with Gasteiger partial charge < -0.3 is 10.6 Å². The van der Waals surface area contributed by atoms with Crippen LogP contribution < -0.4 is 21.5 Å². The summed E-state index contributed by atoms with van der Waals surface area (Å²) in [7, 11) is 0. The van der Waals surface area contributed by atoms with Crippen molar-refractivity contribution in [2.45, 2.75) is 37.3 Å². The lowest BCUT2D eigenvalue weighted by Crippen LogP contribution is -2.39. The molecule has 0 bridgehead atoms. The first-order valence-corrected chi connectivity index (χ1v) is 9.85. The maximum Gasteiger partial charge on any atom is 0.242 e. The number of hydrogen-bond donors (Lipinski definition) is 4. The SMILES string of the molecule is N#Cc1cccc(C2CC(C(=O)Nc3ccc([C@H]4CCCNC4)cc3)NN2)c1. The summed E-state index contributed by atoms with van der Waals surface area (Å²) in [5.41, 5.74) is 10.0. The zero-order valence-corrected chi connectivity index (χ0v) is 15.7. The molecule has 2 unspecified atom stereocenters. The molecule has 2 aliphatic heterocycles. The molecule has 2 heterocycles. The number of rotatable bonds is 4. The molecular weight excluding hydrogens is 350 g/mol. The minimum atomic E-state index is -0.321. The molecule has 2 aromatic rings. The van der Waals surface area contributed by atoms with Gasteiger partial charge in [-0.15, -0.1) is 0 Å². The van der Waals surface area contributed by atoms with Crippen LogP contribution in [0.15, 0.2) is 48.5 Å². The van der Waals surface area contributed by atoms with E-state index in [1.807, 2.05) is 30.3 Å². The first-order chi connectivity index (χ1) is 13.7. The van der Waals surface area contributed by atoms with Crippen molar-refractivity contribution in [3.8, 4) is 6.07 Å². The highest BCUT2D eigenvalue weighted by Gasteiger charge is 2.30. The second kappa shape index (κ2) is 8.53. The number of hydrazine groups is 1. The molecule has 6 heteroatoms. The Labute approximate surface area is 165 Å². The van der Waals surface area contributed by atoms with Gasteiger partial charge in [-0.1, -0.05) is 24.3 Å². The first-order valence-electron chi connectivity index (χ1n) is 9.85. The summed E-state index contributed by atoms with van der Waals surface area (Å²) in [6.07, 6.45) is 3.05. The van der Waals surface area contributed by atoms with E-state index in [2.05, 4.69) is 39.7 Å². The fraction of sp³-hybridized carbons (Fsp3) is 0.364. The molecule has 4 rings (SSSR count). The second-order valence-electron chi connectivity index (χ2n) is 7.52. The van der Waals surface area contributed by atoms with E-state index in [0.717, 1.165) is 24.3 Å². The van der Waals surface area contributed by atoms with Crippen molar-refractivity contribution in [2.24, 2.45) is 0 Å². The van der Waals surface area contributed by atoms with Crippen LogP contribution in [0.2, 0.25) is 0 Å². The van der Waals surface area contributed by atoms with Gasteiger partial charge in [-0.2, -0.15) is 5.26 Å². The number of nitriles is 1. The number of piperidine rings is 1. The number of anilines is 1. The molecule has 0 spiro atoms. The number of nitrogens with zero attached hydrogens (tertiary/aromatic N) is 1. The average molecular weight is 375 g/mol. The van der Waals surface area contributed by atoms with Gasteiger partial charge in [-0.3, -0.25) is 4.79 Å². The van der Waals surface area contributed by atoms with Gasteiger partial charge in [-0.25, -0.2) is 10.9 Å². The number of nitrogens with one attached hydrogen (secondary N) is 4. The van der Waals surface area contributed by atoms with Gasteiger partial charge in [0, 0.05) is 18.3 Å². The lowest BCUT2D eigenvalue weighted by Gasteiger charge is -2.23. The van der Waals surface area contributed by atoms with Crippen LogP contribution in [0.4, 0.5) is 5.69 Å². The fourth-order valence-electron chi connectivity index (χ4n) is 3.98. The molecule has 4 N–H and O–H groups in total. The maximum absolute atomic E-state index is 12.6. The summed E-state index contributed by atoms with van der Waals surface area (Å²) in [4.78, 5) is 12.6. The minimum Gasteiger partial charge on any atom is -0.325 e. The van der Waals surface area contributed by atoms with Crippen LogP contribution >= 0.6 is 0 Å². The van der Waals surface area contributed by atoms with Crippen LogP contribution in [-0.2, 0) is 4.79 Å². The Kier molecular flexibility index (Phi) is 5.68. The predicted molar refractivity (Wildman–Crippen MR) is 108 cm³/mol. The highest BCUT2D eigenvalue weighted by Crippen LogP contribution is 2.26. The van der Waals surface area contributed by atoms with Crippen molar-refractivity contribution in [3.05, 3.63) is 65.2 Å². The smallest absolute Gasteiger partial charge is 0.242 e. The summed E-state index contributed by atoms with van der Waals surface area (Å²) in [5, 5.41) is 15.5. The van der Waals surface area contributed by atoms with Crippen LogP contribution in [0.3, 0.4) is 0 Å². The number of benzene rings is 2. The number of hydrogen-bond acceptors (Lipinski definition) is 5. The van der Waals surface area contributed by atoms with Gasteiger partial charge >= 0.3 is 0 Å². The fourth-order valence-corrected chi connectivity index (χ4v) is 3.98.